The van der Waals surface area contributed by atoms with Crippen LogP contribution in [-0.4, -0.2) is 28.2 Å². The molecule has 2 N–H and O–H groups in total. The molecule has 1 aromatic heterocycles. The first-order chi connectivity index (χ1) is 10.1. The van der Waals surface area contributed by atoms with Crippen molar-refractivity contribution in [1.82, 2.24) is 4.98 Å². The zero-order valence-electron chi connectivity index (χ0n) is 11.4. The van der Waals surface area contributed by atoms with Crippen LogP contribution in [0, 0.1) is 17.0 Å². The molecule has 0 unspecified atom stereocenters. The van der Waals surface area contributed by atoms with E-state index in [1.54, 1.807) is 12.1 Å². The maximum atomic E-state index is 10.6. The zero-order chi connectivity index (χ0) is 15.2. The maximum Gasteiger partial charge on any atom is 0.287 e. The van der Waals surface area contributed by atoms with Crippen molar-refractivity contribution in [3.05, 3.63) is 52.2 Å². The number of rotatable bonds is 6. The van der Waals surface area contributed by atoms with Gasteiger partial charge in [-0.15, -0.1) is 0 Å². The van der Waals surface area contributed by atoms with Gasteiger partial charge in [-0.1, -0.05) is 0 Å². The monoisotopic (exact) mass is 289 g/mol. The van der Waals surface area contributed by atoms with Crippen LogP contribution in [0.15, 0.2) is 36.5 Å². The molecule has 2 aromatic rings. The quantitative estimate of drug-likeness (QED) is 0.626. The zero-order valence-corrected chi connectivity index (χ0v) is 11.4. The average molecular weight is 289 g/mol. The lowest BCUT2D eigenvalue weighted by molar-refractivity contribution is -0.385. The van der Waals surface area contributed by atoms with E-state index in [1.165, 1.54) is 12.3 Å². The van der Waals surface area contributed by atoms with Crippen molar-refractivity contribution in [2.45, 2.75) is 6.92 Å². The van der Waals surface area contributed by atoms with E-state index in [-0.39, 0.29) is 18.9 Å². The Labute approximate surface area is 121 Å². The minimum Gasteiger partial charge on any atom is -0.491 e. The van der Waals surface area contributed by atoms with Crippen molar-refractivity contribution in [3.63, 3.8) is 0 Å². The minimum absolute atomic E-state index is 0.0356. The molecular formula is C14H15N3O4. The third-order valence-corrected chi connectivity index (χ3v) is 2.75. The largest absolute Gasteiger partial charge is 0.491 e. The molecular weight excluding hydrogens is 274 g/mol. The lowest BCUT2D eigenvalue weighted by Gasteiger charge is -2.10. The summed E-state index contributed by atoms with van der Waals surface area (Å²) in [5.74, 6) is 1.22. The predicted octanol–water partition coefficient (Wildman–Crippen LogP) is 2.41. The summed E-state index contributed by atoms with van der Waals surface area (Å²) in [4.78, 5) is 14.0. The van der Waals surface area contributed by atoms with E-state index in [0.717, 1.165) is 11.3 Å². The standard InChI is InChI=1S/C14H15N3O4/c1-10-8-11(2-4-13(10)21-7-6-18)16-14-5-3-12(9-15-14)17(19)20/h2-5,8-9,18H,6-7H2,1H3,(H,15,16). The summed E-state index contributed by atoms with van der Waals surface area (Å²) < 4.78 is 5.36. The summed E-state index contributed by atoms with van der Waals surface area (Å²) >= 11 is 0. The number of ether oxygens (including phenoxy) is 1. The van der Waals surface area contributed by atoms with Gasteiger partial charge in [-0.2, -0.15) is 0 Å². The molecule has 0 radical (unpaired) electrons. The second-order valence-corrected chi connectivity index (χ2v) is 4.34. The Bertz CT molecular complexity index is 629. The second-order valence-electron chi connectivity index (χ2n) is 4.34. The highest BCUT2D eigenvalue weighted by Gasteiger charge is 2.06. The fourth-order valence-corrected chi connectivity index (χ4v) is 1.76. The topological polar surface area (TPSA) is 97.5 Å². The molecule has 2 rings (SSSR count). The number of pyridine rings is 1. The SMILES string of the molecule is Cc1cc(Nc2ccc([N+](=O)[O-])cn2)ccc1OCCO. The van der Waals surface area contributed by atoms with Gasteiger partial charge in [-0.3, -0.25) is 10.1 Å². The first-order valence-corrected chi connectivity index (χ1v) is 6.32. The molecule has 21 heavy (non-hydrogen) atoms. The van der Waals surface area contributed by atoms with Gasteiger partial charge in [0.1, 0.15) is 24.4 Å². The predicted molar refractivity (Wildman–Crippen MR) is 77.9 cm³/mol. The van der Waals surface area contributed by atoms with Gasteiger partial charge in [0, 0.05) is 11.8 Å². The van der Waals surface area contributed by atoms with E-state index in [0.29, 0.717) is 11.6 Å². The van der Waals surface area contributed by atoms with Crippen LogP contribution in [-0.2, 0) is 0 Å². The fourth-order valence-electron chi connectivity index (χ4n) is 1.76. The number of nitro groups is 1. The molecule has 110 valence electrons. The minimum atomic E-state index is -0.492. The number of aliphatic hydroxyl groups excluding tert-OH is 1. The van der Waals surface area contributed by atoms with Gasteiger partial charge in [0.05, 0.1) is 11.5 Å². The molecule has 0 aliphatic carbocycles. The van der Waals surface area contributed by atoms with E-state index in [2.05, 4.69) is 10.3 Å². The first kappa shape index (κ1) is 14.7. The van der Waals surface area contributed by atoms with Gasteiger partial charge in [0.15, 0.2) is 0 Å². The van der Waals surface area contributed by atoms with Gasteiger partial charge in [-0.05, 0) is 36.8 Å². The third kappa shape index (κ3) is 3.90. The number of nitrogens with zero attached hydrogens (tertiary/aromatic N) is 2. The van der Waals surface area contributed by atoms with Gasteiger partial charge >= 0.3 is 0 Å². The summed E-state index contributed by atoms with van der Waals surface area (Å²) in [5.41, 5.74) is 1.66. The molecule has 0 aliphatic rings. The fraction of sp³-hybridized carbons (Fsp3) is 0.214. The molecule has 7 nitrogen and oxygen atoms in total. The summed E-state index contributed by atoms with van der Waals surface area (Å²) in [6.45, 7) is 2.10. The Balaban J connectivity index is 2.09. The lowest BCUT2D eigenvalue weighted by atomic mass is 10.2. The smallest absolute Gasteiger partial charge is 0.287 e. The molecule has 1 heterocycles. The molecule has 0 saturated carbocycles. The molecule has 7 heteroatoms. The Hall–Kier alpha value is -2.67. The van der Waals surface area contributed by atoms with Crippen LogP contribution in [0.4, 0.5) is 17.2 Å². The normalized spacial score (nSPS) is 10.2. The van der Waals surface area contributed by atoms with Crippen LogP contribution in [0.25, 0.3) is 0 Å². The van der Waals surface area contributed by atoms with E-state index < -0.39 is 4.92 Å². The summed E-state index contributed by atoms with van der Waals surface area (Å²) in [5, 5.41) is 22.3. The molecule has 0 spiro atoms. The van der Waals surface area contributed by atoms with Crippen molar-refractivity contribution in [3.8, 4) is 5.75 Å². The first-order valence-electron chi connectivity index (χ1n) is 6.32. The van der Waals surface area contributed by atoms with Gasteiger partial charge in [0.25, 0.3) is 5.69 Å². The van der Waals surface area contributed by atoms with E-state index in [9.17, 15) is 10.1 Å². The maximum absolute atomic E-state index is 10.6. The van der Waals surface area contributed by atoms with Crippen molar-refractivity contribution in [2.75, 3.05) is 18.5 Å². The van der Waals surface area contributed by atoms with Gasteiger partial charge in [0.2, 0.25) is 0 Å². The van der Waals surface area contributed by atoms with Crippen molar-refractivity contribution in [2.24, 2.45) is 0 Å². The van der Waals surface area contributed by atoms with Crippen LogP contribution >= 0.6 is 0 Å². The van der Waals surface area contributed by atoms with Crippen molar-refractivity contribution >= 4 is 17.2 Å². The molecule has 0 bridgehead atoms. The Kier molecular flexibility index (Phi) is 4.68. The van der Waals surface area contributed by atoms with Gasteiger partial charge in [-0.25, -0.2) is 4.98 Å². The van der Waals surface area contributed by atoms with E-state index in [1.807, 2.05) is 19.1 Å². The molecule has 0 aliphatic heterocycles. The molecule has 0 fully saturated rings. The average Bonchev–Trinajstić information content (AvgIpc) is 2.47. The number of aryl methyl sites for hydroxylation is 1. The molecule has 1 aromatic carbocycles. The number of nitrogens with one attached hydrogen (secondary N) is 1. The summed E-state index contributed by atoms with van der Waals surface area (Å²) in [6, 6.07) is 8.40. The number of benzene rings is 1. The number of hydrogen-bond donors (Lipinski definition) is 2. The van der Waals surface area contributed by atoms with Crippen LogP contribution in [0.5, 0.6) is 5.75 Å². The Morgan fingerprint density at radius 1 is 1.38 bits per heavy atom. The van der Waals surface area contributed by atoms with Crippen LogP contribution in [0.3, 0.4) is 0 Å². The second kappa shape index (κ2) is 6.67. The summed E-state index contributed by atoms with van der Waals surface area (Å²) in [7, 11) is 0. The number of hydrogen-bond acceptors (Lipinski definition) is 6. The van der Waals surface area contributed by atoms with Crippen LogP contribution < -0.4 is 10.1 Å². The van der Waals surface area contributed by atoms with E-state index >= 15 is 0 Å². The Morgan fingerprint density at radius 3 is 2.76 bits per heavy atom. The lowest BCUT2D eigenvalue weighted by Crippen LogP contribution is -2.03. The van der Waals surface area contributed by atoms with Crippen LogP contribution in [0.1, 0.15) is 5.56 Å². The third-order valence-electron chi connectivity index (χ3n) is 2.75. The van der Waals surface area contributed by atoms with Crippen LogP contribution in [0.2, 0.25) is 0 Å². The molecule has 0 atom stereocenters. The van der Waals surface area contributed by atoms with Crippen molar-refractivity contribution < 1.29 is 14.8 Å². The van der Waals surface area contributed by atoms with Crippen molar-refractivity contribution in [1.29, 1.82) is 0 Å². The molecule has 0 saturated heterocycles. The Morgan fingerprint density at radius 2 is 2.19 bits per heavy atom. The summed E-state index contributed by atoms with van der Waals surface area (Å²) in [6.07, 6.45) is 1.20. The number of anilines is 2. The highest BCUT2D eigenvalue weighted by Crippen LogP contribution is 2.24. The number of aliphatic hydroxyl groups is 1. The molecule has 0 amide bonds. The van der Waals surface area contributed by atoms with E-state index in [4.69, 9.17) is 9.84 Å². The highest BCUT2D eigenvalue weighted by atomic mass is 16.6. The van der Waals surface area contributed by atoms with Gasteiger partial charge < -0.3 is 15.2 Å². The number of aromatic nitrogens is 1. The highest BCUT2D eigenvalue weighted by molar-refractivity contribution is 5.59.